The number of hydrogen-bond acceptors (Lipinski definition) is 2. The summed E-state index contributed by atoms with van der Waals surface area (Å²) < 4.78 is 5.42. The molecular formula is C15H23NO. The van der Waals surface area contributed by atoms with Crippen LogP contribution in [0, 0.1) is 5.41 Å². The van der Waals surface area contributed by atoms with Crippen LogP contribution < -0.4 is 10.1 Å². The average Bonchev–Trinajstić information content (AvgIpc) is 2.27. The van der Waals surface area contributed by atoms with E-state index in [1.54, 1.807) is 7.11 Å². The molecule has 1 atom stereocenters. The molecule has 0 aromatic heterocycles. The van der Waals surface area contributed by atoms with Crippen LogP contribution in [0.2, 0.25) is 0 Å². The molecule has 1 aromatic rings. The Morgan fingerprint density at radius 2 is 2.06 bits per heavy atom. The molecule has 1 aromatic carbocycles. The van der Waals surface area contributed by atoms with Crippen molar-refractivity contribution in [1.82, 2.24) is 5.32 Å². The highest BCUT2D eigenvalue weighted by molar-refractivity contribution is 5.41. The van der Waals surface area contributed by atoms with Gasteiger partial charge in [0.25, 0.3) is 0 Å². The Bertz CT molecular complexity index is 409. The molecule has 1 aliphatic rings. The van der Waals surface area contributed by atoms with E-state index in [1.807, 2.05) is 0 Å². The van der Waals surface area contributed by atoms with Crippen LogP contribution in [0.5, 0.6) is 5.75 Å². The van der Waals surface area contributed by atoms with Gasteiger partial charge in [0.2, 0.25) is 0 Å². The standard InChI is InChI=1S/C15H23NO/c1-10(2)12-8-11(6-7-13(12)17-5)14-15(3,4)9-16-14/h6-8,10,14,16H,9H2,1-5H3. The lowest BCUT2D eigenvalue weighted by Gasteiger charge is -2.46. The zero-order valence-corrected chi connectivity index (χ0v) is 11.5. The highest BCUT2D eigenvalue weighted by Crippen LogP contribution is 2.41. The number of methoxy groups -OCH3 is 1. The summed E-state index contributed by atoms with van der Waals surface area (Å²) in [7, 11) is 1.74. The lowest BCUT2D eigenvalue weighted by molar-refractivity contribution is 0.128. The topological polar surface area (TPSA) is 21.3 Å². The third-order valence-corrected chi connectivity index (χ3v) is 3.75. The van der Waals surface area contributed by atoms with Crippen molar-refractivity contribution in [2.24, 2.45) is 5.41 Å². The first-order chi connectivity index (χ1) is 7.95. The zero-order chi connectivity index (χ0) is 12.6. The highest BCUT2D eigenvalue weighted by atomic mass is 16.5. The maximum Gasteiger partial charge on any atom is 0.122 e. The van der Waals surface area contributed by atoms with Crippen molar-refractivity contribution in [3.63, 3.8) is 0 Å². The minimum atomic E-state index is 0.364. The first kappa shape index (κ1) is 12.4. The number of hydrogen-bond donors (Lipinski definition) is 1. The Kier molecular flexibility index (Phi) is 3.17. The number of benzene rings is 1. The maximum absolute atomic E-state index is 5.42. The molecule has 2 rings (SSSR count). The number of ether oxygens (including phenoxy) is 1. The van der Waals surface area contributed by atoms with Gasteiger partial charge in [-0.05, 0) is 28.5 Å². The summed E-state index contributed by atoms with van der Waals surface area (Å²) in [5, 5.41) is 3.51. The van der Waals surface area contributed by atoms with Gasteiger partial charge in [-0.25, -0.2) is 0 Å². The number of nitrogens with one attached hydrogen (secondary N) is 1. The summed E-state index contributed by atoms with van der Waals surface area (Å²) in [6, 6.07) is 7.05. The van der Waals surface area contributed by atoms with Crippen LogP contribution in [0.25, 0.3) is 0 Å². The van der Waals surface area contributed by atoms with Gasteiger partial charge in [0.1, 0.15) is 5.75 Å². The highest BCUT2D eigenvalue weighted by Gasteiger charge is 2.39. The molecule has 0 spiro atoms. The fourth-order valence-corrected chi connectivity index (χ4v) is 2.56. The fraction of sp³-hybridized carbons (Fsp3) is 0.600. The minimum absolute atomic E-state index is 0.364. The van der Waals surface area contributed by atoms with Crippen molar-refractivity contribution in [3.05, 3.63) is 29.3 Å². The van der Waals surface area contributed by atoms with E-state index in [-0.39, 0.29) is 0 Å². The van der Waals surface area contributed by atoms with Gasteiger partial charge < -0.3 is 10.1 Å². The SMILES string of the molecule is COc1ccc(C2NCC2(C)C)cc1C(C)C. The maximum atomic E-state index is 5.42. The normalized spacial score (nSPS) is 22.4. The van der Waals surface area contributed by atoms with Crippen LogP contribution in [-0.2, 0) is 0 Å². The average molecular weight is 233 g/mol. The first-order valence-corrected chi connectivity index (χ1v) is 6.37. The van der Waals surface area contributed by atoms with Crippen LogP contribution in [0.4, 0.5) is 0 Å². The molecule has 0 aliphatic carbocycles. The second-order valence-corrected chi connectivity index (χ2v) is 5.96. The van der Waals surface area contributed by atoms with Gasteiger partial charge in [0.15, 0.2) is 0 Å². The predicted octanol–water partition coefficient (Wildman–Crippen LogP) is 3.49. The van der Waals surface area contributed by atoms with E-state index in [2.05, 4.69) is 51.2 Å². The monoisotopic (exact) mass is 233 g/mol. The van der Waals surface area contributed by atoms with Crippen molar-refractivity contribution in [2.45, 2.75) is 39.7 Å². The fourth-order valence-electron chi connectivity index (χ4n) is 2.56. The number of rotatable bonds is 3. The van der Waals surface area contributed by atoms with E-state index in [4.69, 9.17) is 4.74 Å². The summed E-state index contributed by atoms with van der Waals surface area (Å²) in [4.78, 5) is 0. The van der Waals surface area contributed by atoms with Gasteiger partial charge in [0, 0.05) is 12.6 Å². The van der Waals surface area contributed by atoms with Gasteiger partial charge in [-0.15, -0.1) is 0 Å². The second kappa shape index (κ2) is 4.34. The molecule has 1 heterocycles. The van der Waals surface area contributed by atoms with Gasteiger partial charge >= 0.3 is 0 Å². The lowest BCUT2D eigenvalue weighted by Crippen LogP contribution is -2.52. The molecule has 1 saturated heterocycles. The molecule has 2 nitrogen and oxygen atoms in total. The third kappa shape index (κ3) is 2.19. The molecule has 0 saturated carbocycles. The molecule has 0 amide bonds. The summed E-state index contributed by atoms with van der Waals surface area (Å²) in [6.07, 6.45) is 0. The van der Waals surface area contributed by atoms with Crippen molar-refractivity contribution in [2.75, 3.05) is 13.7 Å². The van der Waals surface area contributed by atoms with Crippen LogP contribution in [0.3, 0.4) is 0 Å². The summed E-state index contributed by atoms with van der Waals surface area (Å²) in [5.41, 5.74) is 3.04. The molecule has 94 valence electrons. The third-order valence-electron chi connectivity index (χ3n) is 3.75. The van der Waals surface area contributed by atoms with E-state index in [0.29, 0.717) is 17.4 Å². The van der Waals surface area contributed by atoms with Crippen molar-refractivity contribution < 1.29 is 4.74 Å². The minimum Gasteiger partial charge on any atom is -0.496 e. The summed E-state index contributed by atoms with van der Waals surface area (Å²) >= 11 is 0. The lowest BCUT2D eigenvalue weighted by atomic mass is 9.73. The van der Waals surface area contributed by atoms with Crippen LogP contribution in [-0.4, -0.2) is 13.7 Å². The van der Waals surface area contributed by atoms with E-state index in [0.717, 1.165) is 12.3 Å². The van der Waals surface area contributed by atoms with Crippen molar-refractivity contribution >= 4 is 0 Å². The largest absolute Gasteiger partial charge is 0.496 e. The van der Waals surface area contributed by atoms with E-state index < -0.39 is 0 Å². The van der Waals surface area contributed by atoms with Crippen molar-refractivity contribution in [1.29, 1.82) is 0 Å². The molecule has 2 heteroatoms. The van der Waals surface area contributed by atoms with Crippen LogP contribution >= 0.6 is 0 Å². The zero-order valence-electron chi connectivity index (χ0n) is 11.5. The molecule has 1 N–H and O–H groups in total. The van der Waals surface area contributed by atoms with Crippen LogP contribution in [0.1, 0.15) is 50.8 Å². The quantitative estimate of drug-likeness (QED) is 0.863. The first-order valence-electron chi connectivity index (χ1n) is 6.37. The van der Waals surface area contributed by atoms with E-state index in [1.165, 1.54) is 11.1 Å². The van der Waals surface area contributed by atoms with E-state index in [9.17, 15) is 0 Å². The van der Waals surface area contributed by atoms with Crippen LogP contribution in [0.15, 0.2) is 18.2 Å². The molecular weight excluding hydrogens is 210 g/mol. The molecule has 1 fully saturated rings. The molecule has 0 bridgehead atoms. The Morgan fingerprint density at radius 3 is 2.47 bits per heavy atom. The Labute approximate surface area is 104 Å². The van der Waals surface area contributed by atoms with Gasteiger partial charge in [-0.1, -0.05) is 39.8 Å². The second-order valence-electron chi connectivity index (χ2n) is 5.96. The Hall–Kier alpha value is -1.02. The van der Waals surface area contributed by atoms with Crippen molar-refractivity contribution in [3.8, 4) is 5.75 Å². The molecule has 1 aliphatic heterocycles. The Balaban J connectivity index is 2.34. The predicted molar refractivity (Wildman–Crippen MR) is 71.6 cm³/mol. The van der Waals surface area contributed by atoms with Gasteiger partial charge in [0.05, 0.1) is 7.11 Å². The van der Waals surface area contributed by atoms with Gasteiger partial charge in [-0.3, -0.25) is 0 Å². The summed E-state index contributed by atoms with van der Waals surface area (Å²) in [6.45, 7) is 10.1. The summed E-state index contributed by atoms with van der Waals surface area (Å²) in [5.74, 6) is 1.49. The Morgan fingerprint density at radius 1 is 1.35 bits per heavy atom. The van der Waals surface area contributed by atoms with Gasteiger partial charge in [-0.2, -0.15) is 0 Å². The molecule has 17 heavy (non-hydrogen) atoms. The molecule has 0 radical (unpaired) electrons. The van der Waals surface area contributed by atoms with E-state index >= 15 is 0 Å². The smallest absolute Gasteiger partial charge is 0.122 e. The molecule has 1 unspecified atom stereocenters.